The molecule has 0 fully saturated rings. The molecule has 6 heteroatoms. The summed E-state index contributed by atoms with van der Waals surface area (Å²) in [6.07, 6.45) is 1.74. The van der Waals surface area contributed by atoms with Crippen LogP contribution in [0.2, 0.25) is 0 Å². The highest BCUT2D eigenvalue weighted by molar-refractivity contribution is 6.41. The average Bonchev–Trinajstić information content (AvgIpc) is 3.01. The molecule has 0 aliphatic carbocycles. The van der Waals surface area contributed by atoms with Crippen LogP contribution in [-0.4, -0.2) is 37.4 Å². The Balaban J connectivity index is 2.15. The summed E-state index contributed by atoms with van der Waals surface area (Å²) in [5.74, 6) is -1.71. The van der Waals surface area contributed by atoms with Gasteiger partial charge < -0.3 is 9.47 Å². The van der Waals surface area contributed by atoms with Crippen molar-refractivity contribution in [3.8, 4) is 0 Å². The standard InChI is InChI=1S/C17H22N2O4/c1-3-5-11-23-16(20)14-12-19(13-9-7-6-8-10-13)18-15(14)17(21)22-4-2/h6-10,14H,3-5,11-12H2,1-2H3/t14-/m0/s1. The van der Waals surface area contributed by atoms with Crippen LogP contribution in [0.4, 0.5) is 5.69 Å². The lowest BCUT2D eigenvalue weighted by Crippen LogP contribution is -2.33. The maximum atomic E-state index is 12.3. The van der Waals surface area contributed by atoms with Crippen molar-refractivity contribution in [2.75, 3.05) is 24.8 Å². The number of ether oxygens (including phenoxy) is 2. The third-order valence-electron chi connectivity index (χ3n) is 3.48. The average molecular weight is 318 g/mol. The highest BCUT2D eigenvalue weighted by Gasteiger charge is 2.39. The Bertz CT molecular complexity index is 571. The molecule has 1 aromatic rings. The van der Waals surface area contributed by atoms with Gasteiger partial charge in [0.25, 0.3) is 0 Å². The number of hydrogen-bond acceptors (Lipinski definition) is 6. The minimum atomic E-state index is -0.717. The van der Waals surface area contributed by atoms with Gasteiger partial charge in [0.2, 0.25) is 0 Å². The molecule has 124 valence electrons. The number of benzene rings is 1. The second-order valence-corrected chi connectivity index (χ2v) is 5.20. The quantitative estimate of drug-likeness (QED) is 0.570. The van der Waals surface area contributed by atoms with Crippen molar-refractivity contribution in [1.29, 1.82) is 0 Å². The van der Waals surface area contributed by atoms with Crippen LogP contribution in [0.5, 0.6) is 0 Å². The summed E-state index contributed by atoms with van der Waals surface area (Å²) in [5.41, 5.74) is 0.926. The molecule has 1 aliphatic rings. The molecular formula is C17H22N2O4. The van der Waals surface area contributed by atoms with E-state index >= 15 is 0 Å². The number of para-hydroxylation sites is 1. The molecule has 0 aromatic heterocycles. The second kappa shape index (κ2) is 8.31. The monoisotopic (exact) mass is 318 g/mol. The van der Waals surface area contributed by atoms with Gasteiger partial charge in [0.15, 0.2) is 5.71 Å². The Hall–Kier alpha value is -2.37. The van der Waals surface area contributed by atoms with E-state index < -0.39 is 17.9 Å². The normalized spacial score (nSPS) is 16.9. The van der Waals surface area contributed by atoms with Crippen molar-refractivity contribution in [3.63, 3.8) is 0 Å². The molecule has 2 rings (SSSR count). The van der Waals surface area contributed by atoms with Gasteiger partial charge in [-0.1, -0.05) is 31.5 Å². The third kappa shape index (κ3) is 4.31. The van der Waals surface area contributed by atoms with Crippen molar-refractivity contribution in [2.24, 2.45) is 11.0 Å². The molecule has 0 N–H and O–H groups in total. The van der Waals surface area contributed by atoms with Crippen molar-refractivity contribution in [2.45, 2.75) is 26.7 Å². The number of carbonyl (C=O) groups is 2. The summed E-state index contributed by atoms with van der Waals surface area (Å²) >= 11 is 0. The van der Waals surface area contributed by atoms with Crippen molar-refractivity contribution in [1.82, 2.24) is 0 Å². The summed E-state index contributed by atoms with van der Waals surface area (Å²) in [5, 5.41) is 5.92. The number of nitrogens with zero attached hydrogens (tertiary/aromatic N) is 2. The molecule has 1 heterocycles. The van der Waals surface area contributed by atoms with E-state index in [4.69, 9.17) is 9.47 Å². The molecule has 0 spiro atoms. The van der Waals surface area contributed by atoms with E-state index in [1.165, 1.54) is 0 Å². The minimum absolute atomic E-state index is 0.109. The Morgan fingerprint density at radius 1 is 1.22 bits per heavy atom. The number of rotatable bonds is 7. The Morgan fingerprint density at radius 3 is 2.61 bits per heavy atom. The van der Waals surface area contributed by atoms with Gasteiger partial charge in [-0.2, -0.15) is 5.10 Å². The van der Waals surface area contributed by atoms with Crippen LogP contribution < -0.4 is 5.01 Å². The molecule has 0 unspecified atom stereocenters. The fraction of sp³-hybridized carbons (Fsp3) is 0.471. The van der Waals surface area contributed by atoms with Crippen molar-refractivity contribution < 1.29 is 19.1 Å². The van der Waals surface area contributed by atoms with Gasteiger partial charge in [0.1, 0.15) is 5.92 Å². The zero-order valence-electron chi connectivity index (χ0n) is 13.5. The lowest BCUT2D eigenvalue weighted by atomic mass is 10.0. The lowest BCUT2D eigenvalue weighted by molar-refractivity contribution is -0.147. The van der Waals surface area contributed by atoms with E-state index in [-0.39, 0.29) is 18.9 Å². The second-order valence-electron chi connectivity index (χ2n) is 5.20. The zero-order chi connectivity index (χ0) is 16.7. The summed E-state index contributed by atoms with van der Waals surface area (Å²) in [6.45, 7) is 4.61. The first-order chi connectivity index (χ1) is 11.2. The fourth-order valence-electron chi connectivity index (χ4n) is 2.26. The molecule has 1 atom stereocenters. The Kier molecular flexibility index (Phi) is 6.14. The molecule has 0 saturated carbocycles. The highest BCUT2D eigenvalue weighted by atomic mass is 16.5. The van der Waals surface area contributed by atoms with Gasteiger partial charge in [-0.15, -0.1) is 0 Å². The number of anilines is 1. The summed E-state index contributed by atoms with van der Waals surface area (Å²) in [7, 11) is 0. The summed E-state index contributed by atoms with van der Waals surface area (Å²) < 4.78 is 10.3. The number of unbranched alkanes of at least 4 members (excludes halogenated alkanes) is 1. The first kappa shape index (κ1) is 17.0. The van der Waals surface area contributed by atoms with Gasteiger partial charge in [0, 0.05) is 0 Å². The minimum Gasteiger partial charge on any atom is -0.465 e. The van der Waals surface area contributed by atoms with Crippen LogP contribution in [0, 0.1) is 5.92 Å². The highest BCUT2D eigenvalue weighted by Crippen LogP contribution is 2.23. The maximum Gasteiger partial charge on any atom is 0.355 e. The van der Waals surface area contributed by atoms with Crippen LogP contribution in [-0.2, 0) is 19.1 Å². The smallest absolute Gasteiger partial charge is 0.355 e. The predicted octanol–water partition coefficient (Wildman–Crippen LogP) is 2.39. The van der Waals surface area contributed by atoms with E-state index in [2.05, 4.69) is 5.10 Å². The molecule has 23 heavy (non-hydrogen) atoms. The van der Waals surface area contributed by atoms with E-state index in [1.54, 1.807) is 11.9 Å². The van der Waals surface area contributed by atoms with Gasteiger partial charge >= 0.3 is 11.9 Å². The van der Waals surface area contributed by atoms with Crippen molar-refractivity contribution in [3.05, 3.63) is 30.3 Å². The first-order valence-corrected chi connectivity index (χ1v) is 7.92. The van der Waals surface area contributed by atoms with Gasteiger partial charge in [-0.25, -0.2) is 4.79 Å². The van der Waals surface area contributed by atoms with E-state index in [1.807, 2.05) is 37.3 Å². The number of esters is 2. The first-order valence-electron chi connectivity index (χ1n) is 7.92. The largest absolute Gasteiger partial charge is 0.465 e. The molecule has 0 saturated heterocycles. The van der Waals surface area contributed by atoms with Crippen LogP contribution in [0.1, 0.15) is 26.7 Å². The molecule has 6 nitrogen and oxygen atoms in total. The number of hydrogen-bond donors (Lipinski definition) is 0. The molecule has 0 amide bonds. The number of hydrazone groups is 1. The van der Waals surface area contributed by atoms with Crippen LogP contribution in [0.3, 0.4) is 0 Å². The lowest BCUT2D eigenvalue weighted by Gasteiger charge is -2.15. The molecule has 1 aliphatic heterocycles. The Morgan fingerprint density at radius 2 is 1.96 bits per heavy atom. The van der Waals surface area contributed by atoms with Crippen LogP contribution in [0.25, 0.3) is 0 Å². The predicted molar refractivity (Wildman–Crippen MR) is 87.2 cm³/mol. The van der Waals surface area contributed by atoms with E-state index in [0.29, 0.717) is 6.61 Å². The number of carbonyl (C=O) groups excluding carboxylic acids is 2. The van der Waals surface area contributed by atoms with Gasteiger partial charge in [-0.3, -0.25) is 9.80 Å². The SMILES string of the molecule is CCCCOC(=O)[C@H]1CN(c2ccccc2)N=C1C(=O)OCC. The zero-order valence-corrected chi connectivity index (χ0v) is 13.5. The van der Waals surface area contributed by atoms with Crippen LogP contribution >= 0.6 is 0 Å². The molecule has 0 bridgehead atoms. The summed E-state index contributed by atoms with van der Waals surface area (Å²) in [6, 6.07) is 9.39. The fourth-order valence-corrected chi connectivity index (χ4v) is 2.26. The Labute approximate surface area is 136 Å². The maximum absolute atomic E-state index is 12.3. The van der Waals surface area contributed by atoms with Gasteiger partial charge in [0.05, 0.1) is 25.4 Å². The van der Waals surface area contributed by atoms with E-state index in [0.717, 1.165) is 18.5 Å². The molecule has 1 aromatic carbocycles. The van der Waals surface area contributed by atoms with Crippen LogP contribution in [0.15, 0.2) is 35.4 Å². The summed E-state index contributed by atoms with van der Waals surface area (Å²) in [4.78, 5) is 24.4. The van der Waals surface area contributed by atoms with E-state index in [9.17, 15) is 9.59 Å². The molecular weight excluding hydrogens is 296 g/mol. The van der Waals surface area contributed by atoms with Crippen molar-refractivity contribution >= 4 is 23.3 Å². The third-order valence-corrected chi connectivity index (χ3v) is 3.48. The van der Waals surface area contributed by atoms with Gasteiger partial charge in [-0.05, 0) is 25.5 Å². The molecule has 0 radical (unpaired) electrons. The topological polar surface area (TPSA) is 68.2 Å².